The zero-order valence-electron chi connectivity index (χ0n) is 18.2. The fourth-order valence-corrected chi connectivity index (χ4v) is 5.06. The first kappa shape index (κ1) is 22.4. The Morgan fingerprint density at radius 1 is 1.33 bits per heavy atom. The first-order valence-electron chi connectivity index (χ1n) is 10.7. The van der Waals surface area contributed by atoms with Crippen LogP contribution in [0.25, 0.3) is 11.4 Å². The summed E-state index contributed by atoms with van der Waals surface area (Å²) in [6.07, 6.45) is 7.75. The van der Waals surface area contributed by atoms with Crippen molar-refractivity contribution in [2.45, 2.75) is 68.9 Å². The van der Waals surface area contributed by atoms with Crippen LogP contribution < -0.4 is 4.74 Å². The summed E-state index contributed by atoms with van der Waals surface area (Å²) in [5, 5.41) is 9.32. The number of hydrogen-bond donors (Lipinski definition) is 0. The molecule has 1 amide bonds. The fourth-order valence-electron chi connectivity index (χ4n) is 4.13. The van der Waals surface area contributed by atoms with Crippen molar-refractivity contribution in [1.82, 2.24) is 19.7 Å². The summed E-state index contributed by atoms with van der Waals surface area (Å²) < 4.78 is 7.50. The van der Waals surface area contributed by atoms with Gasteiger partial charge >= 0.3 is 0 Å². The summed E-state index contributed by atoms with van der Waals surface area (Å²) >= 11 is 1.46. The number of aromatic nitrogens is 3. The molecule has 162 valence electrons. The molecule has 1 aliphatic rings. The molecule has 0 unspecified atom stereocenters. The Bertz CT molecular complexity index is 861. The average molecular weight is 429 g/mol. The van der Waals surface area contributed by atoms with Crippen LogP contribution in [0.5, 0.6) is 5.75 Å². The number of nitrogens with zero attached hydrogens (tertiary/aromatic N) is 4. The van der Waals surface area contributed by atoms with Crippen molar-refractivity contribution in [2.75, 3.05) is 13.7 Å². The van der Waals surface area contributed by atoms with E-state index in [0.29, 0.717) is 18.4 Å². The Hall–Kier alpha value is -2.28. The topological polar surface area (TPSA) is 60.2 Å². The van der Waals surface area contributed by atoms with Gasteiger partial charge < -0.3 is 9.64 Å². The Morgan fingerprint density at radius 2 is 2.07 bits per heavy atom. The van der Waals surface area contributed by atoms with Gasteiger partial charge in [-0.3, -0.25) is 9.36 Å². The minimum atomic E-state index is -0.231. The monoisotopic (exact) mass is 428 g/mol. The van der Waals surface area contributed by atoms with E-state index in [1.807, 2.05) is 41.8 Å². The molecule has 7 heteroatoms. The van der Waals surface area contributed by atoms with Crippen LogP contribution in [-0.2, 0) is 11.3 Å². The number of thioether (sulfide) groups is 1. The molecular formula is C23H32N4O2S. The van der Waals surface area contributed by atoms with Crippen molar-refractivity contribution < 1.29 is 9.53 Å². The third-order valence-electron chi connectivity index (χ3n) is 5.65. The second kappa shape index (κ2) is 10.7. The molecular weight excluding hydrogens is 396 g/mol. The Labute approximate surface area is 183 Å². The maximum Gasteiger partial charge on any atom is 0.236 e. The van der Waals surface area contributed by atoms with Gasteiger partial charge in [-0.1, -0.05) is 49.2 Å². The van der Waals surface area contributed by atoms with E-state index in [2.05, 4.69) is 28.6 Å². The van der Waals surface area contributed by atoms with Crippen molar-refractivity contribution in [3.63, 3.8) is 0 Å². The van der Waals surface area contributed by atoms with Crippen LogP contribution in [0.1, 0.15) is 46.0 Å². The van der Waals surface area contributed by atoms with E-state index in [0.717, 1.165) is 35.9 Å². The molecule has 1 heterocycles. The molecule has 1 aromatic heterocycles. The fraction of sp³-hybridized carbons (Fsp3) is 0.522. The highest BCUT2D eigenvalue weighted by atomic mass is 32.2. The number of rotatable bonds is 9. The molecule has 1 aliphatic carbocycles. The molecule has 3 rings (SSSR count). The molecule has 1 fully saturated rings. The van der Waals surface area contributed by atoms with Crippen LogP contribution >= 0.6 is 11.8 Å². The zero-order chi connectivity index (χ0) is 21.5. The molecule has 0 spiro atoms. The Kier molecular flexibility index (Phi) is 7.96. The number of benzene rings is 1. The first-order valence-corrected chi connectivity index (χ1v) is 11.6. The predicted molar refractivity (Wildman–Crippen MR) is 122 cm³/mol. The maximum absolute atomic E-state index is 13.2. The molecule has 1 saturated carbocycles. The highest BCUT2D eigenvalue weighted by Crippen LogP contribution is 2.33. The average Bonchev–Trinajstić information content (AvgIpc) is 3.17. The first-order chi connectivity index (χ1) is 14.6. The van der Waals surface area contributed by atoms with E-state index in [9.17, 15) is 4.79 Å². The number of ether oxygens (including phenoxy) is 1. The van der Waals surface area contributed by atoms with Gasteiger partial charge in [0, 0.05) is 19.1 Å². The van der Waals surface area contributed by atoms with E-state index in [1.165, 1.54) is 31.0 Å². The van der Waals surface area contributed by atoms with Crippen molar-refractivity contribution >= 4 is 17.7 Å². The van der Waals surface area contributed by atoms with Gasteiger partial charge in [0.1, 0.15) is 5.75 Å². The molecule has 1 aromatic carbocycles. The van der Waals surface area contributed by atoms with Crippen molar-refractivity contribution in [1.29, 1.82) is 0 Å². The lowest BCUT2D eigenvalue weighted by Gasteiger charge is -2.35. The van der Waals surface area contributed by atoms with E-state index in [4.69, 9.17) is 4.74 Å². The molecule has 0 radical (unpaired) electrons. The summed E-state index contributed by atoms with van der Waals surface area (Å²) in [6, 6.07) is 8.12. The SMILES string of the molecule is C=CCn1c(S[C@H](C)C(=O)N(CC)C2CCCCC2)nnc1-c1ccccc1OC. The molecule has 2 aromatic rings. The van der Waals surface area contributed by atoms with E-state index in [1.54, 1.807) is 7.11 Å². The van der Waals surface area contributed by atoms with Gasteiger partial charge in [0.25, 0.3) is 0 Å². The molecule has 0 saturated heterocycles. The van der Waals surface area contributed by atoms with Crippen LogP contribution in [0.15, 0.2) is 42.1 Å². The zero-order valence-corrected chi connectivity index (χ0v) is 19.0. The molecule has 30 heavy (non-hydrogen) atoms. The largest absolute Gasteiger partial charge is 0.496 e. The number of carbonyl (C=O) groups is 1. The van der Waals surface area contributed by atoms with Gasteiger partial charge in [-0.05, 0) is 38.8 Å². The summed E-state index contributed by atoms with van der Waals surface area (Å²) in [7, 11) is 1.65. The quantitative estimate of drug-likeness (QED) is 0.424. The lowest BCUT2D eigenvalue weighted by molar-refractivity contribution is -0.133. The Morgan fingerprint density at radius 3 is 2.73 bits per heavy atom. The second-order valence-electron chi connectivity index (χ2n) is 7.58. The smallest absolute Gasteiger partial charge is 0.236 e. The molecule has 0 aliphatic heterocycles. The van der Waals surface area contributed by atoms with Crippen LogP contribution in [0.4, 0.5) is 0 Å². The minimum absolute atomic E-state index is 0.182. The minimum Gasteiger partial charge on any atom is -0.496 e. The number of hydrogen-bond acceptors (Lipinski definition) is 5. The summed E-state index contributed by atoms with van der Waals surface area (Å²) in [6.45, 7) is 9.23. The third-order valence-corrected chi connectivity index (χ3v) is 6.71. The second-order valence-corrected chi connectivity index (χ2v) is 8.89. The van der Waals surface area contributed by atoms with Crippen LogP contribution in [0.3, 0.4) is 0 Å². The van der Waals surface area contributed by atoms with E-state index < -0.39 is 0 Å². The molecule has 1 atom stereocenters. The maximum atomic E-state index is 13.2. The van der Waals surface area contributed by atoms with E-state index in [-0.39, 0.29) is 11.2 Å². The van der Waals surface area contributed by atoms with E-state index >= 15 is 0 Å². The highest BCUT2D eigenvalue weighted by molar-refractivity contribution is 8.00. The number of methoxy groups -OCH3 is 1. The van der Waals surface area contributed by atoms with Gasteiger partial charge in [-0.15, -0.1) is 16.8 Å². The third kappa shape index (κ3) is 4.89. The van der Waals surface area contributed by atoms with Crippen LogP contribution in [0, 0.1) is 0 Å². The standard InChI is InChI=1S/C23H32N4O2S/c1-5-16-27-21(19-14-10-11-15-20(19)29-4)24-25-23(27)30-17(3)22(28)26(6-2)18-12-8-7-9-13-18/h5,10-11,14-15,17-18H,1,6-9,12-13,16H2,2-4H3/t17-/m1/s1. The summed E-state index contributed by atoms with van der Waals surface area (Å²) in [4.78, 5) is 15.3. The van der Waals surface area contributed by atoms with Crippen LogP contribution in [-0.4, -0.2) is 50.5 Å². The van der Waals surface area contributed by atoms with Gasteiger partial charge in [-0.2, -0.15) is 0 Å². The predicted octanol–water partition coefficient (Wildman–Crippen LogP) is 4.80. The molecule has 0 N–H and O–H groups in total. The van der Waals surface area contributed by atoms with Gasteiger partial charge in [0.15, 0.2) is 11.0 Å². The number of carbonyl (C=O) groups excluding carboxylic acids is 1. The number of amides is 1. The van der Waals surface area contributed by atoms with Gasteiger partial charge in [0.2, 0.25) is 5.91 Å². The van der Waals surface area contributed by atoms with Crippen molar-refractivity contribution in [2.24, 2.45) is 0 Å². The molecule has 6 nitrogen and oxygen atoms in total. The highest BCUT2D eigenvalue weighted by Gasteiger charge is 2.29. The van der Waals surface area contributed by atoms with Gasteiger partial charge in [0.05, 0.1) is 17.9 Å². The molecule has 0 bridgehead atoms. The number of para-hydroxylation sites is 1. The Balaban J connectivity index is 1.82. The van der Waals surface area contributed by atoms with Crippen molar-refractivity contribution in [3.05, 3.63) is 36.9 Å². The summed E-state index contributed by atoms with van der Waals surface area (Å²) in [5.74, 6) is 1.64. The van der Waals surface area contributed by atoms with Crippen LogP contribution in [0.2, 0.25) is 0 Å². The lowest BCUT2D eigenvalue weighted by Crippen LogP contribution is -2.44. The van der Waals surface area contributed by atoms with Crippen molar-refractivity contribution in [3.8, 4) is 17.1 Å². The number of allylic oxidation sites excluding steroid dienone is 1. The lowest BCUT2D eigenvalue weighted by atomic mass is 9.94. The van der Waals surface area contributed by atoms with Gasteiger partial charge in [-0.25, -0.2) is 0 Å². The summed E-state index contributed by atoms with van der Waals surface area (Å²) in [5.41, 5.74) is 0.873. The normalized spacial score (nSPS) is 15.6.